The molecule has 4 nitrogen and oxygen atoms in total. The van der Waals surface area contributed by atoms with Gasteiger partial charge in [0.05, 0.1) is 11.7 Å². The van der Waals surface area contributed by atoms with E-state index in [0.717, 1.165) is 34.4 Å². The maximum atomic E-state index is 13.1. The quantitative estimate of drug-likeness (QED) is 0.427. The van der Waals surface area contributed by atoms with Gasteiger partial charge < -0.3 is 9.88 Å². The molecule has 0 unspecified atom stereocenters. The van der Waals surface area contributed by atoms with Crippen LogP contribution in [0, 0.1) is 6.92 Å². The first-order valence-electron chi connectivity index (χ1n) is 10.9. The Balaban J connectivity index is 1.49. The van der Waals surface area contributed by atoms with E-state index >= 15 is 0 Å². The first-order chi connectivity index (χ1) is 15.4. The summed E-state index contributed by atoms with van der Waals surface area (Å²) in [5, 5.41) is 3.17. The second-order valence-corrected chi connectivity index (χ2v) is 8.71. The normalized spacial score (nSPS) is 11.3. The van der Waals surface area contributed by atoms with Crippen molar-refractivity contribution in [3.63, 3.8) is 0 Å². The van der Waals surface area contributed by atoms with Gasteiger partial charge >= 0.3 is 0 Å². The molecule has 1 amide bonds. The molecule has 0 aliphatic heterocycles. The number of hydrogen-bond acceptors (Lipinski definition) is 2. The Hall–Kier alpha value is -3.66. The van der Waals surface area contributed by atoms with E-state index in [1.165, 1.54) is 5.56 Å². The van der Waals surface area contributed by atoms with Gasteiger partial charge in [-0.2, -0.15) is 0 Å². The van der Waals surface area contributed by atoms with Crippen LogP contribution in [0.3, 0.4) is 0 Å². The maximum Gasteiger partial charge on any atom is 0.230 e. The molecular weight excluding hydrogens is 394 g/mol. The maximum absolute atomic E-state index is 13.1. The lowest BCUT2D eigenvalue weighted by Crippen LogP contribution is -2.40. The van der Waals surface area contributed by atoms with E-state index in [-0.39, 0.29) is 5.91 Å². The van der Waals surface area contributed by atoms with Gasteiger partial charge in [0.2, 0.25) is 5.91 Å². The summed E-state index contributed by atoms with van der Waals surface area (Å²) in [6.07, 6.45) is 5.58. The number of carbonyl (C=O) groups is 1. The topological polar surface area (TPSA) is 46.9 Å². The molecule has 1 N–H and O–H groups in total. The zero-order chi connectivity index (χ0) is 22.6. The Morgan fingerprint density at radius 2 is 1.69 bits per heavy atom. The molecule has 4 rings (SSSR count). The molecule has 0 aliphatic carbocycles. The molecule has 4 heteroatoms. The van der Waals surface area contributed by atoms with Gasteiger partial charge in [0.25, 0.3) is 0 Å². The van der Waals surface area contributed by atoms with Crippen molar-refractivity contribution < 1.29 is 4.79 Å². The molecule has 32 heavy (non-hydrogen) atoms. The Morgan fingerprint density at radius 3 is 2.41 bits per heavy atom. The van der Waals surface area contributed by atoms with Crippen molar-refractivity contribution in [1.82, 2.24) is 14.9 Å². The molecule has 0 spiro atoms. The standard InChI is InChI=1S/C28H29N3O/c1-21-8-4-7-11-26(21)28(2,3)27(32)30-18-24-9-5-6-10-25(24)23-14-12-22(13-15-23)19-31-17-16-29-20-31/h4-17,20H,18-19H2,1-3H3,(H,30,32). The summed E-state index contributed by atoms with van der Waals surface area (Å²) in [7, 11) is 0. The summed E-state index contributed by atoms with van der Waals surface area (Å²) in [4.78, 5) is 17.2. The van der Waals surface area contributed by atoms with Crippen LogP contribution >= 0.6 is 0 Å². The number of benzene rings is 3. The predicted molar refractivity (Wildman–Crippen MR) is 129 cm³/mol. The molecule has 162 valence electrons. The lowest BCUT2D eigenvalue weighted by atomic mass is 9.81. The molecule has 1 heterocycles. The van der Waals surface area contributed by atoms with E-state index in [1.54, 1.807) is 6.20 Å². The highest BCUT2D eigenvalue weighted by Gasteiger charge is 2.30. The minimum Gasteiger partial charge on any atom is -0.351 e. The number of aromatic nitrogens is 2. The van der Waals surface area contributed by atoms with Crippen LogP contribution in [0.15, 0.2) is 91.5 Å². The Morgan fingerprint density at radius 1 is 0.969 bits per heavy atom. The van der Waals surface area contributed by atoms with Gasteiger partial charge in [-0.25, -0.2) is 4.98 Å². The first-order valence-corrected chi connectivity index (χ1v) is 10.9. The van der Waals surface area contributed by atoms with Crippen molar-refractivity contribution in [3.05, 3.63) is 114 Å². The highest BCUT2D eigenvalue weighted by Crippen LogP contribution is 2.28. The van der Waals surface area contributed by atoms with E-state index in [4.69, 9.17) is 0 Å². The highest BCUT2D eigenvalue weighted by molar-refractivity contribution is 5.87. The number of carbonyl (C=O) groups excluding carboxylic acids is 1. The van der Waals surface area contributed by atoms with E-state index in [1.807, 2.05) is 56.7 Å². The monoisotopic (exact) mass is 423 g/mol. The van der Waals surface area contributed by atoms with Crippen LogP contribution in [-0.2, 0) is 23.3 Å². The molecule has 0 fully saturated rings. The molecule has 0 bridgehead atoms. The predicted octanol–water partition coefficient (Wildman–Crippen LogP) is 5.50. The van der Waals surface area contributed by atoms with Crippen molar-refractivity contribution in [2.24, 2.45) is 0 Å². The molecule has 0 radical (unpaired) electrons. The summed E-state index contributed by atoms with van der Waals surface area (Å²) in [5.74, 6) is 0.0253. The van der Waals surface area contributed by atoms with Crippen LogP contribution in [0.2, 0.25) is 0 Å². The third-order valence-electron chi connectivity index (χ3n) is 6.03. The molecule has 0 aliphatic rings. The van der Waals surface area contributed by atoms with Gasteiger partial charge in [0.15, 0.2) is 0 Å². The third-order valence-corrected chi connectivity index (χ3v) is 6.03. The van der Waals surface area contributed by atoms with Crippen LogP contribution < -0.4 is 5.32 Å². The van der Waals surface area contributed by atoms with Crippen molar-refractivity contribution >= 4 is 5.91 Å². The van der Waals surface area contributed by atoms with Crippen LogP contribution in [0.25, 0.3) is 11.1 Å². The number of nitrogens with one attached hydrogen (secondary N) is 1. The largest absolute Gasteiger partial charge is 0.351 e. The smallest absolute Gasteiger partial charge is 0.230 e. The number of nitrogens with zero attached hydrogens (tertiary/aromatic N) is 2. The molecule has 0 atom stereocenters. The summed E-state index contributed by atoms with van der Waals surface area (Å²) >= 11 is 0. The van der Waals surface area contributed by atoms with E-state index < -0.39 is 5.41 Å². The van der Waals surface area contributed by atoms with Gasteiger partial charge in [0, 0.05) is 25.5 Å². The zero-order valence-corrected chi connectivity index (χ0v) is 18.9. The zero-order valence-electron chi connectivity index (χ0n) is 18.9. The van der Waals surface area contributed by atoms with E-state index in [2.05, 4.69) is 64.3 Å². The molecule has 0 saturated carbocycles. The molecule has 0 saturated heterocycles. The lowest BCUT2D eigenvalue weighted by Gasteiger charge is -2.26. The van der Waals surface area contributed by atoms with Gasteiger partial charge in [0.1, 0.15) is 0 Å². The number of imidazole rings is 1. The molecular formula is C28H29N3O. The number of hydrogen-bond donors (Lipinski definition) is 1. The minimum absolute atomic E-state index is 0.0253. The van der Waals surface area contributed by atoms with Gasteiger partial charge in [-0.15, -0.1) is 0 Å². The van der Waals surface area contributed by atoms with Gasteiger partial charge in [-0.3, -0.25) is 4.79 Å². The van der Waals surface area contributed by atoms with Gasteiger partial charge in [-0.1, -0.05) is 72.8 Å². The van der Waals surface area contributed by atoms with E-state index in [9.17, 15) is 4.79 Å². The Bertz CT molecular complexity index is 1190. The van der Waals surface area contributed by atoms with Crippen molar-refractivity contribution in [1.29, 1.82) is 0 Å². The first kappa shape index (κ1) is 21.6. The third kappa shape index (κ3) is 4.65. The SMILES string of the molecule is Cc1ccccc1C(C)(C)C(=O)NCc1ccccc1-c1ccc(Cn2ccnc2)cc1. The Labute approximate surface area is 190 Å². The molecule has 1 aromatic heterocycles. The lowest BCUT2D eigenvalue weighted by molar-refractivity contribution is -0.125. The second kappa shape index (κ2) is 9.23. The van der Waals surface area contributed by atoms with Crippen molar-refractivity contribution in [2.75, 3.05) is 0 Å². The number of rotatable bonds is 7. The average Bonchev–Trinajstić information content (AvgIpc) is 3.31. The number of aryl methyl sites for hydroxylation is 1. The molecule has 3 aromatic carbocycles. The van der Waals surface area contributed by atoms with Crippen molar-refractivity contribution in [3.8, 4) is 11.1 Å². The summed E-state index contributed by atoms with van der Waals surface area (Å²) in [6, 6.07) is 24.9. The Kier molecular flexibility index (Phi) is 6.22. The fourth-order valence-corrected chi connectivity index (χ4v) is 4.13. The van der Waals surface area contributed by atoms with Crippen LogP contribution in [0.1, 0.15) is 36.1 Å². The minimum atomic E-state index is -0.602. The fraction of sp³-hybridized carbons (Fsp3) is 0.214. The average molecular weight is 424 g/mol. The summed E-state index contributed by atoms with van der Waals surface area (Å²) in [6.45, 7) is 7.30. The van der Waals surface area contributed by atoms with Gasteiger partial charge in [-0.05, 0) is 54.2 Å². The van der Waals surface area contributed by atoms with Crippen LogP contribution in [0.5, 0.6) is 0 Å². The number of amides is 1. The fourth-order valence-electron chi connectivity index (χ4n) is 4.13. The van der Waals surface area contributed by atoms with Crippen LogP contribution in [0.4, 0.5) is 0 Å². The van der Waals surface area contributed by atoms with Crippen LogP contribution in [-0.4, -0.2) is 15.5 Å². The summed E-state index contributed by atoms with van der Waals surface area (Å²) < 4.78 is 2.05. The van der Waals surface area contributed by atoms with E-state index in [0.29, 0.717) is 6.54 Å². The van der Waals surface area contributed by atoms with Crippen molar-refractivity contribution in [2.45, 2.75) is 39.3 Å². The summed E-state index contributed by atoms with van der Waals surface area (Å²) in [5.41, 5.74) is 6.18. The second-order valence-electron chi connectivity index (χ2n) is 8.71. The molecule has 4 aromatic rings. The highest BCUT2D eigenvalue weighted by atomic mass is 16.2.